The molecule has 2 N–H and O–H groups in total. The van der Waals surface area contributed by atoms with Crippen molar-refractivity contribution >= 4 is 5.69 Å². The molecule has 1 aromatic heterocycles. The second-order valence-corrected chi connectivity index (χ2v) is 5.72. The summed E-state index contributed by atoms with van der Waals surface area (Å²) in [7, 11) is 0. The molecule has 1 heterocycles. The minimum absolute atomic E-state index is 0.311. The van der Waals surface area contributed by atoms with Crippen molar-refractivity contribution in [2.75, 3.05) is 5.73 Å². The highest BCUT2D eigenvalue weighted by Gasteiger charge is 2.49. The van der Waals surface area contributed by atoms with Gasteiger partial charge >= 0.3 is 0 Å². The molecular weight excluding hydrogens is 226 g/mol. The summed E-state index contributed by atoms with van der Waals surface area (Å²) in [4.78, 5) is 4.51. The van der Waals surface area contributed by atoms with Crippen LogP contribution in [0.1, 0.15) is 37.6 Å². The second-order valence-electron chi connectivity index (χ2n) is 5.72. The third-order valence-corrected chi connectivity index (χ3v) is 3.87. The molecule has 94 valence electrons. The van der Waals surface area contributed by atoms with Gasteiger partial charge in [-0.25, -0.2) is 0 Å². The Morgan fingerprint density at radius 3 is 2.78 bits per heavy atom. The van der Waals surface area contributed by atoms with Crippen LogP contribution in [0.25, 0.3) is 11.5 Å². The predicted octanol–water partition coefficient (Wildman–Crippen LogP) is 3.14. The van der Waals surface area contributed by atoms with Gasteiger partial charge in [-0.3, -0.25) is 0 Å². The van der Waals surface area contributed by atoms with E-state index in [-0.39, 0.29) is 0 Å². The Bertz CT molecular complexity index is 601. The second kappa shape index (κ2) is 3.57. The minimum Gasteiger partial charge on any atom is -0.398 e. The van der Waals surface area contributed by atoms with Crippen molar-refractivity contribution in [1.29, 1.82) is 0 Å². The standard InChI is InChI=1S/C14H17N3O/c1-8-9(5-4-6-11(8)15)13-16-12(17-18-13)10-7-14(10,2)3/h4-6,10H,7,15H2,1-3H3. The Balaban J connectivity index is 1.96. The zero-order valence-corrected chi connectivity index (χ0v) is 10.9. The van der Waals surface area contributed by atoms with Crippen molar-refractivity contribution in [3.8, 4) is 11.5 Å². The van der Waals surface area contributed by atoms with Gasteiger partial charge in [0.15, 0.2) is 5.82 Å². The summed E-state index contributed by atoms with van der Waals surface area (Å²) < 4.78 is 5.36. The fourth-order valence-corrected chi connectivity index (χ4v) is 2.28. The molecule has 1 atom stereocenters. The summed E-state index contributed by atoms with van der Waals surface area (Å²) in [6.07, 6.45) is 1.13. The summed E-state index contributed by atoms with van der Waals surface area (Å²) in [6.45, 7) is 6.41. The molecule has 1 aliphatic rings. The van der Waals surface area contributed by atoms with E-state index in [0.717, 1.165) is 29.1 Å². The van der Waals surface area contributed by atoms with E-state index in [1.807, 2.05) is 25.1 Å². The van der Waals surface area contributed by atoms with Gasteiger partial charge in [0.25, 0.3) is 5.89 Å². The Hall–Kier alpha value is -1.84. The van der Waals surface area contributed by atoms with Crippen LogP contribution in [0.4, 0.5) is 5.69 Å². The van der Waals surface area contributed by atoms with Crippen LogP contribution in [0.15, 0.2) is 22.7 Å². The molecule has 4 heteroatoms. The first-order valence-electron chi connectivity index (χ1n) is 6.18. The molecular formula is C14H17N3O. The number of hydrogen-bond acceptors (Lipinski definition) is 4. The highest BCUT2D eigenvalue weighted by molar-refractivity contribution is 5.66. The van der Waals surface area contributed by atoms with Crippen molar-refractivity contribution in [1.82, 2.24) is 10.1 Å². The molecule has 0 saturated heterocycles. The Morgan fingerprint density at radius 1 is 1.39 bits per heavy atom. The summed E-state index contributed by atoms with van der Waals surface area (Å²) >= 11 is 0. The van der Waals surface area contributed by atoms with Crippen molar-refractivity contribution in [2.24, 2.45) is 5.41 Å². The van der Waals surface area contributed by atoms with Crippen LogP contribution in [0.5, 0.6) is 0 Å². The SMILES string of the molecule is Cc1c(N)cccc1-c1nc(C2CC2(C)C)no1. The smallest absolute Gasteiger partial charge is 0.258 e. The number of rotatable bonds is 2. The minimum atomic E-state index is 0.311. The van der Waals surface area contributed by atoms with E-state index >= 15 is 0 Å². The summed E-state index contributed by atoms with van der Waals surface area (Å²) in [5.41, 5.74) is 8.86. The predicted molar refractivity (Wildman–Crippen MR) is 70.0 cm³/mol. The highest BCUT2D eigenvalue weighted by Crippen LogP contribution is 2.57. The summed E-state index contributed by atoms with van der Waals surface area (Å²) in [5.74, 6) is 1.81. The van der Waals surface area contributed by atoms with Crippen LogP contribution in [0, 0.1) is 12.3 Å². The molecule has 3 rings (SSSR count). The van der Waals surface area contributed by atoms with Crippen molar-refractivity contribution in [3.63, 3.8) is 0 Å². The van der Waals surface area contributed by atoms with Crippen LogP contribution in [0.2, 0.25) is 0 Å². The maximum Gasteiger partial charge on any atom is 0.258 e. The maximum atomic E-state index is 5.89. The van der Waals surface area contributed by atoms with E-state index < -0.39 is 0 Å². The lowest BCUT2D eigenvalue weighted by molar-refractivity contribution is 0.419. The normalized spacial score (nSPS) is 20.9. The maximum absolute atomic E-state index is 5.89. The topological polar surface area (TPSA) is 64.9 Å². The molecule has 0 bridgehead atoms. The van der Waals surface area contributed by atoms with Gasteiger partial charge in [-0.15, -0.1) is 0 Å². The third kappa shape index (κ3) is 1.68. The molecule has 0 radical (unpaired) electrons. The highest BCUT2D eigenvalue weighted by atomic mass is 16.5. The first-order chi connectivity index (χ1) is 8.49. The summed E-state index contributed by atoms with van der Waals surface area (Å²) in [5, 5.41) is 4.09. The van der Waals surface area contributed by atoms with Crippen LogP contribution < -0.4 is 5.73 Å². The molecule has 1 unspecified atom stereocenters. The molecule has 1 saturated carbocycles. The van der Waals surface area contributed by atoms with E-state index in [2.05, 4.69) is 24.0 Å². The molecule has 2 aromatic rings. The number of nitrogen functional groups attached to an aromatic ring is 1. The van der Waals surface area contributed by atoms with Gasteiger partial charge in [0, 0.05) is 17.2 Å². The van der Waals surface area contributed by atoms with Crippen LogP contribution in [-0.2, 0) is 0 Å². The fourth-order valence-electron chi connectivity index (χ4n) is 2.28. The van der Waals surface area contributed by atoms with Crippen molar-refractivity contribution in [3.05, 3.63) is 29.6 Å². The van der Waals surface area contributed by atoms with Gasteiger partial charge < -0.3 is 10.3 Å². The van der Waals surface area contributed by atoms with E-state index in [9.17, 15) is 0 Å². The summed E-state index contributed by atoms with van der Waals surface area (Å²) in [6, 6.07) is 5.74. The molecule has 18 heavy (non-hydrogen) atoms. The monoisotopic (exact) mass is 243 g/mol. The molecule has 4 nitrogen and oxygen atoms in total. The number of nitrogens with zero attached hydrogens (tertiary/aromatic N) is 2. The van der Waals surface area contributed by atoms with E-state index in [0.29, 0.717) is 17.2 Å². The molecule has 1 aromatic carbocycles. The third-order valence-electron chi connectivity index (χ3n) is 3.87. The molecule has 1 aliphatic carbocycles. The van der Waals surface area contributed by atoms with Gasteiger partial charge in [-0.2, -0.15) is 4.98 Å². The average Bonchev–Trinajstić information content (AvgIpc) is 2.77. The van der Waals surface area contributed by atoms with Crippen molar-refractivity contribution in [2.45, 2.75) is 33.1 Å². The first kappa shape index (κ1) is 11.3. The lowest BCUT2D eigenvalue weighted by atomic mass is 10.1. The van der Waals surface area contributed by atoms with Crippen LogP contribution in [0.3, 0.4) is 0 Å². The number of aromatic nitrogens is 2. The van der Waals surface area contributed by atoms with E-state index in [1.165, 1.54) is 0 Å². The van der Waals surface area contributed by atoms with Gasteiger partial charge in [-0.1, -0.05) is 25.1 Å². The van der Waals surface area contributed by atoms with Crippen LogP contribution in [-0.4, -0.2) is 10.1 Å². The van der Waals surface area contributed by atoms with E-state index in [1.54, 1.807) is 0 Å². The average molecular weight is 243 g/mol. The molecule has 1 fully saturated rings. The van der Waals surface area contributed by atoms with Gasteiger partial charge in [-0.05, 0) is 36.5 Å². The molecule has 0 spiro atoms. The van der Waals surface area contributed by atoms with Crippen LogP contribution >= 0.6 is 0 Å². The van der Waals surface area contributed by atoms with Gasteiger partial charge in [0.05, 0.1) is 0 Å². The number of anilines is 1. The lowest BCUT2D eigenvalue weighted by Crippen LogP contribution is -1.93. The van der Waals surface area contributed by atoms with Gasteiger partial charge in [0.1, 0.15) is 0 Å². The number of benzene rings is 1. The number of hydrogen-bond donors (Lipinski definition) is 1. The Labute approximate surface area is 106 Å². The number of nitrogens with two attached hydrogens (primary N) is 1. The first-order valence-corrected chi connectivity index (χ1v) is 6.18. The quantitative estimate of drug-likeness (QED) is 0.823. The lowest BCUT2D eigenvalue weighted by Gasteiger charge is -2.03. The Morgan fingerprint density at radius 2 is 2.11 bits per heavy atom. The van der Waals surface area contributed by atoms with Crippen molar-refractivity contribution < 1.29 is 4.52 Å². The fraction of sp³-hybridized carbons (Fsp3) is 0.429. The van der Waals surface area contributed by atoms with Gasteiger partial charge in [0.2, 0.25) is 0 Å². The largest absolute Gasteiger partial charge is 0.398 e. The molecule has 0 aliphatic heterocycles. The Kier molecular flexibility index (Phi) is 2.24. The van der Waals surface area contributed by atoms with E-state index in [4.69, 9.17) is 10.3 Å². The zero-order chi connectivity index (χ0) is 12.9. The molecule has 0 amide bonds. The zero-order valence-electron chi connectivity index (χ0n) is 10.9.